The average Bonchev–Trinajstić information content (AvgIpc) is 3.05. The van der Waals surface area contributed by atoms with Crippen molar-refractivity contribution in [1.29, 1.82) is 0 Å². The first-order chi connectivity index (χ1) is 12.4. The predicted molar refractivity (Wildman–Crippen MR) is 106 cm³/mol. The van der Waals surface area contributed by atoms with Gasteiger partial charge in [-0.25, -0.2) is 4.79 Å². The monoisotopic (exact) mass is 352 g/mol. The summed E-state index contributed by atoms with van der Waals surface area (Å²) in [6.45, 7) is 7.93. The number of nitrogens with zero attached hydrogens (tertiary/aromatic N) is 1. The first kappa shape index (κ1) is 18.3. The lowest BCUT2D eigenvalue weighted by Gasteiger charge is -2.27. The molecule has 4 heteroatoms. The number of anilines is 1. The highest BCUT2D eigenvalue weighted by molar-refractivity contribution is 5.94. The molecule has 1 N–H and O–H groups in total. The van der Waals surface area contributed by atoms with E-state index < -0.39 is 0 Å². The summed E-state index contributed by atoms with van der Waals surface area (Å²) in [5.41, 5.74) is 4.47. The van der Waals surface area contributed by atoms with Gasteiger partial charge in [0, 0.05) is 24.3 Å². The highest BCUT2D eigenvalue weighted by Crippen LogP contribution is 2.38. The van der Waals surface area contributed by atoms with Crippen molar-refractivity contribution in [2.24, 2.45) is 0 Å². The van der Waals surface area contributed by atoms with Crippen LogP contribution in [0.5, 0.6) is 5.75 Å². The molecule has 0 aromatic heterocycles. The molecule has 0 unspecified atom stereocenters. The smallest absolute Gasteiger partial charge is 0.321 e. The van der Waals surface area contributed by atoms with Crippen molar-refractivity contribution in [2.45, 2.75) is 39.0 Å². The van der Waals surface area contributed by atoms with Crippen LogP contribution in [0, 0.1) is 0 Å². The molecular weight excluding hydrogens is 324 g/mol. The first-order valence-electron chi connectivity index (χ1n) is 9.21. The van der Waals surface area contributed by atoms with E-state index in [4.69, 9.17) is 4.74 Å². The fourth-order valence-electron chi connectivity index (χ4n) is 3.45. The van der Waals surface area contributed by atoms with E-state index in [2.05, 4.69) is 62.5 Å². The Labute approximate surface area is 156 Å². The van der Waals surface area contributed by atoms with Gasteiger partial charge in [0.15, 0.2) is 0 Å². The van der Waals surface area contributed by atoms with E-state index in [-0.39, 0.29) is 11.4 Å². The van der Waals surface area contributed by atoms with Gasteiger partial charge in [0.25, 0.3) is 0 Å². The number of benzene rings is 2. The summed E-state index contributed by atoms with van der Waals surface area (Å²) < 4.78 is 5.82. The van der Waals surface area contributed by atoms with E-state index in [0.717, 1.165) is 35.4 Å². The van der Waals surface area contributed by atoms with E-state index >= 15 is 0 Å². The molecule has 138 valence electrons. The largest absolute Gasteiger partial charge is 0.496 e. The standard InChI is InChI=1S/C22H28N2O2/c1-22(2,3)19-15-18(24-13-12-23-21(24)25)14-17(20(19)26-4)11-10-16-8-6-5-7-9-16/h5-9,14-15H,10-13H2,1-4H3,(H,23,25). The number of aryl methyl sites for hydroxylation is 2. The van der Waals surface area contributed by atoms with Crippen LogP contribution >= 0.6 is 0 Å². The SMILES string of the molecule is COc1c(CCc2ccccc2)cc(N2CCNC2=O)cc1C(C)(C)C. The van der Waals surface area contributed by atoms with Crippen LogP contribution in [0.1, 0.15) is 37.5 Å². The van der Waals surface area contributed by atoms with Gasteiger partial charge in [0.1, 0.15) is 5.75 Å². The number of carbonyl (C=O) groups excluding carboxylic acids is 1. The molecule has 1 saturated heterocycles. The van der Waals surface area contributed by atoms with Crippen molar-refractivity contribution < 1.29 is 9.53 Å². The minimum Gasteiger partial charge on any atom is -0.496 e. The Morgan fingerprint density at radius 2 is 1.85 bits per heavy atom. The molecule has 4 nitrogen and oxygen atoms in total. The number of methoxy groups -OCH3 is 1. The molecule has 2 aromatic carbocycles. The average molecular weight is 352 g/mol. The Bertz CT molecular complexity index is 779. The van der Waals surface area contributed by atoms with Crippen LogP contribution in [0.3, 0.4) is 0 Å². The summed E-state index contributed by atoms with van der Waals surface area (Å²) in [7, 11) is 1.73. The fourth-order valence-corrected chi connectivity index (χ4v) is 3.45. The lowest BCUT2D eigenvalue weighted by molar-refractivity contribution is 0.252. The molecule has 1 aliphatic rings. The van der Waals surface area contributed by atoms with Gasteiger partial charge in [-0.1, -0.05) is 51.1 Å². The number of hydrogen-bond donors (Lipinski definition) is 1. The first-order valence-corrected chi connectivity index (χ1v) is 9.21. The van der Waals surface area contributed by atoms with Crippen molar-refractivity contribution in [3.05, 3.63) is 59.2 Å². The van der Waals surface area contributed by atoms with Crippen LogP contribution in [0.2, 0.25) is 0 Å². The van der Waals surface area contributed by atoms with Crippen LogP contribution in [-0.4, -0.2) is 26.2 Å². The van der Waals surface area contributed by atoms with E-state index in [1.165, 1.54) is 5.56 Å². The van der Waals surface area contributed by atoms with E-state index in [1.807, 2.05) is 11.0 Å². The zero-order valence-electron chi connectivity index (χ0n) is 16.1. The minimum absolute atomic E-state index is 0.0240. The molecular formula is C22H28N2O2. The zero-order valence-corrected chi connectivity index (χ0v) is 16.1. The molecule has 0 aliphatic carbocycles. The zero-order chi connectivity index (χ0) is 18.7. The number of nitrogens with one attached hydrogen (secondary N) is 1. The molecule has 2 amide bonds. The number of amides is 2. The summed E-state index contributed by atoms with van der Waals surface area (Å²) >= 11 is 0. The van der Waals surface area contributed by atoms with Gasteiger partial charge in [-0.2, -0.15) is 0 Å². The highest BCUT2D eigenvalue weighted by atomic mass is 16.5. The molecule has 2 aromatic rings. The Hall–Kier alpha value is -2.49. The van der Waals surface area contributed by atoms with Crippen LogP contribution in [0.4, 0.5) is 10.5 Å². The topological polar surface area (TPSA) is 41.6 Å². The lowest BCUT2D eigenvalue weighted by atomic mass is 9.84. The van der Waals surface area contributed by atoms with Crippen molar-refractivity contribution in [1.82, 2.24) is 5.32 Å². The molecule has 1 aliphatic heterocycles. The van der Waals surface area contributed by atoms with Gasteiger partial charge < -0.3 is 10.1 Å². The quantitative estimate of drug-likeness (QED) is 0.871. The Morgan fingerprint density at radius 3 is 2.42 bits per heavy atom. The van der Waals surface area contributed by atoms with Gasteiger partial charge in [0.05, 0.1) is 7.11 Å². The molecule has 3 rings (SSSR count). The molecule has 0 saturated carbocycles. The number of carbonyl (C=O) groups is 1. The molecule has 0 spiro atoms. The van der Waals surface area contributed by atoms with Gasteiger partial charge in [0.2, 0.25) is 0 Å². The van der Waals surface area contributed by atoms with Crippen LogP contribution in [0.25, 0.3) is 0 Å². The molecule has 0 bridgehead atoms. The summed E-state index contributed by atoms with van der Waals surface area (Å²) in [6, 6.07) is 14.7. The summed E-state index contributed by atoms with van der Waals surface area (Å²) in [6.07, 6.45) is 1.82. The minimum atomic E-state index is -0.0704. The summed E-state index contributed by atoms with van der Waals surface area (Å²) in [5.74, 6) is 0.941. The third-order valence-corrected chi connectivity index (χ3v) is 4.86. The van der Waals surface area contributed by atoms with E-state index in [1.54, 1.807) is 7.11 Å². The number of ether oxygens (including phenoxy) is 1. The van der Waals surface area contributed by atoms with Crippen molar-refractivity contribution in [3.8, 4) is 5.75 Å². The molecule has 26 heavy (non-hydrogen) atoms. The molecule has 1 fully saturated rings. The summed E-state index contributed by atoms with van der Waals surface area (Å²) in [4.78, 5) is 14.0. The Kier molecular flexibility index (Phi) is 5.21. The van der Waals surface area contributed by atoms with Gasteiger partial charge in [-0.3, -0.25) is 4.90 Å². The van der Waals surface area contributed by atoms with E-state index in [9.17, 15) is 4.79 Å². The Morgan fingerprint density at radius 1 is 1.12 bits per heavy atom. The third-order valence-electron chi connectivity index (χ3n) is 4.86. The number of rotatable bonds is 5. The lowest BCUT2D eigenvalue weighted by Crippen LogP contribution is -2.28. The van der Waals surface area contributed by atoms with Gasteiger partial charge in [-0.05, 0) is 41.5 Å². The Balaban J connectivity index is 2.01. The maximum Gasteiger partial charge on any atom is 0.321 e. The van der Waals surface area contributed by atoms with Crippen molar-refractivity contribution >= 4 is 11.7 Å². The second-order valence-electron chi connectivity index (χ2n) is 7.80. The highest BCUT2D eigenvalue weighted by Gasteiger charge is 2.27. The summed E-state index contributed by atoms with van der Waals surface area (Å²) in [5, 5.41) is 2.89. The second kappa shape index (κ2) is 7.40. The van der Waals surface area contributed by atoms with Crippen molar-refractivity contribution in [2.75, 3.05) is 25.1 Å². The van der Waals surface area contributed by atoms with E-state index in [0.29, 0.717) is 13.1 Å². The molecule has 0 radical (unpaired) electrons. The predicted octanol–water partition coefficient (Wildman–Crippen LogP) is 4.31. The molecule has 1 heterocycles. The number of hydrogen-bond acceptors (Lipinski definition) is 2. The molecule has 0 atom stereocenters. The van der Waals surface area contributed by atoms with Gasteiger partial charge in [-0.15, -0.1) is 0 Å². The van der Waals surface area contributed by atoms with Gasteiger partial charge >= 0.3 is 6.03 Å². The van der Waals surface area contributed by atoms with Crippen LogP contribution in [0.15, 0.2) is 42.5 Å². The number of urea groups is 1. The maximum absolute atomic E-state index is 12.2. The van der Waals surface area contributed by atoms with Crippen molar-refractivity contribution in [3.63, 3.8) is 0 Å². The third kappa shape index (κ3) is 3.85. The van der Waals surface area contributed by atoms with Crippen LogP contribution in [-0.2, 0) is 18.3 Å². The fraction of sp³-hybridized carbons (Fsp3) is 0.409. The van der Waals surface area contributed by atoms with Crippen LogP contribution < -0.4 is 15.0 Å². The normalized spacial score (nSPS) is 14.5. The maximum atomic E-state index is 12.2. The second-order valence-corrected chi connectivity index (χ2v) is 7.80.